The first-order chi connectivity index (χ1) is 9.76. The summed E-state index contributed by atoms with van der Waals surface area (Å²) in [6.07, 6.45) is 1.95. The lowest BCUT2D eigenvalue weighted by molar-refractivity contribution is 0.476. The van der Waals surface area contributed by atoms with E-state index in [0.29, 0.717) is 5.56 Å². The number of benzene rings is 2. The topological polar surface area (TPSA) is 48.9 Å². The molecule has 0 spiro atoms. The summed E-state index contributed by atoms with van der Waals surface area (Å²) >= 11 is 1.53. The van der Waals surface area contributed by atoms with E-state index in [1.165, 1.54) is 11.8 Å². The predicted octanol–water partition coefficient (Wildman–Crippen LogP) is 3.93. The minimum atomic E-state index is 0.173. The van der Waals surface area contributed by atoms with Gasteiger partial charge in [0.05, 0.1) is 16.1 Å². The molecule has 0 aliphatic rings. The third-order valence-electron chi connectivity index (χ3n) is 3.23. The van der Waals surface area contributed by atoms with Crippen LogP contribution in [-0.2, 0) is 0 Å². The molecule has 3 nitrogen and oxygen atoms in total. The molecule has 1 heterocycles. The van der Waals surface area contributed by atoms with Gasteiger partial charge < -0.3 is 9.67 Å². The van der Waals surface area contributed by atoms with E-state index in [2.05, 4.69) is 10.6 Å². The Kier molecular flexibility index (Phi) is 3.13. The highest BCUT2D eigenvalue weighted by molar-refractivity contribution is 7.98. The highest BCUT2D eigenvalue weighted by Gasteiger charge is 2.17. The third kappa shape index (κ3) is 1.84. The van der Waals surface area contributed by atoms with Crippen molar-refractivity contribution in [1.29, 1.82) is 5.26 Å². The number of hydrogen-bond donors (Lipinski definition) is 1. The van der Waals surface area contributed by atoms with Crippen LogP contribution >= 0.6 is 11.8 Å². The summed E-state index contributed by atoms with van der Waals surface area (Å²) in [6.45, 7) is 0. The van der Waals surface area contributed by atoms with Crippen molar-refractivity contribution in [2.45, 2.75) is 5.03 Å². The molecule has 1 N–H and O–H groups in total. The van der Waals surface area contributed by atoms with Gasteiger partial charge in [-0.15, -0.1) is 11.8 Å². The van der Waals surface area contributed by atoms with Crippen molar-refractivity contribution in [1.82, 2.24) is 4.57 Å². The molecule has 0 unspecified atom stereocenters. The molecule has 1 aromatic heterocycles. The molecule has 0 amide bonds. The molecule has 0 fully saturated rings. The van der Waals surface area contributed by atoms with Crippen LogP contribution in [0.3, 0.4) is 0 Å². The fourth-order valence-corrected chi connectivity index (χ4v) is 3.14. The number of nitrogens with zero attached hydrogens (tertiary/aromatic N) is 2. The van der Waals surface area contributed by atoms with E-state index < -0.39 is 0 Å². The number of aromatic hydroxyl groups is 1. The van der Waals surface area contributed by atoms with E-state index in [1.807, 2.05) is 42.7 Å². The zero-order valence-electron chi connectivity index (χ0n) is 10.9. The maximum absolute atomic E-state index is 9.67. The number of nitriles is 1. The fourth-order valence-electron chi connectivity index (χ4n) is 2.39. The van der Waals surface area contributed by atoms with Crippen LogP contribution in [-0.4, -0.2) is 15.9 Å². The highest BCUT2D eigenvalue weighted by Crippen LogP contribution is 2.35. The molecule has 3 aromatic rings. The second kappa shape index (κ2) is 4.95. The van der Waals surface area contributed by atoms with Crippen LogP contribution < -0.4 is 0 Å². The van der Waals surface area contributed by atoms with Crippen LogP contribution in [0.15, 0.2) is 53.6 Å². The second-order valence-electron chi connectivity index (χ2n) is 4.37. The van der Waals surface area contributed by atoms with E-state index in [9.17, 15) is 10.4 Å². The van der Waals surface area contributed by atoms with Gasteiger partial charge in [0.2, 0.25) is 0 Å². The first-order valence-electron chi connectivity index (χ1n) is 6.13. The van der Waals surface area contributed by atoms with Crippen LogP contribution in [0, 0.1) is 11.3 Å². The molecule has 3 rings (SSSR count). The number of thioether (sulfide) groups is 1. The predicted molar refractivity (Wildman–Crippen MR) is 81.4 cm³/mol. The minimum Gasteiger partial charge on any atom is -0.508 e. The van der Waals surface area contributed by atoms with Crippen LogP contribution in [0.4, 0.5) is 0 Å². The molecule has 0 aliphatic carbocycles. The Hall–Kier alpha value is -2.38. The van der Waals surface area contributed by atoms with Crippen molar-refractivity contribution < 1.29 is 5.11 Å². The number of aromatic nitrogens is 1. The molecular weight excluding hydrogens is 268 g/mol. The summed E-state index contributed by atoms with van der Waals surface area (Å²) in [5.74, 6) is 0.173. The number of phenols is 1. The van der Waals surface area contributed by atoms with Gasteiger partial charge in [0.1, 0.15) is 11.8 Å². The van der Waals surface area contributed by atoms with Crippen molar-refractivity contribution >= 4 is 22.7 Å². The Morgan fingerprint density at radius 1 is 1.15 bits per heavy atom. The molecule has 0 atom stereocenters. The smallest absolute Gasteiger partial charge is 0.116 e. The summed E-state index contributed by atoms with van der Waals surface area (Å²) in [5, 5.41) is 20.8. The Bertz CT molecular complexity index is 816. The van der Waals surface area contributed by atoms with Crippen LogP contribution in [0.1, 0.15) is 5.56 Å². The molecule has 0 saturated heterocycles. The van der Waals surface area contributed by atoms with E-state index in [4.69, 9.17) is 0 Å². The lowest BCUT2D eigenvalue weighted by atomic mass is 10.2. The quantitative estimate of drug-likeness (QED) is 0.723. The largest absolute Gasteiger partial charge is 0.508 e. The minimum absolute atomic E-state index is 0.173. The molecule has 0 radical (unpaired) electrons. The molecule has 0 aliphatic heterocycles. The first kappa shape index (κ1) is 12.6. The van der Waals surface area contributed by atoms with Crippen molar-refractivity contribution in [2.75, 3.05) is 6.26 Å². The number of para-hydroxylation sites is 1. The Morgan fingerprint density at radius 2 is 1.90 bits per heavy atom. The van der Waals surface area contributed by atoms with Gasteiger partial charge in [-0.2, -0.15) is 5.26 Å². The second-order valence-corrected chi connectivity index (χ2v) is 5.16. The van der Waals surface area contributed by atoms with E-state index in [-0.39, 0.29) is 5.75 Å². The monoisotopic (exact) mass is 280 g/mol. The maximum Gasteiger partial charge on any atom is 0.116 e. The number of phenolic OH excluding ortho intramolecular Hbond substituents is 1. The lowest BCUT2D eigenvalue weighted by Crippen LogP contribution is -1.95. The van der Waals surface area contributed by atoms with Crippen molar-refractivity contribution in [3.63, 3.8) is 0 Å². The third-order valence-corrected chi connectivity index (χ3v) is 4.00. The normalized spacial score (nSPS) is 10.6. The van der Waals surface area contributed by atoms with Crippen molar-refractivity contribution in [2.24, 2.45) is 0 Å². The van der Waals surface area contributed by atoms with Crippen LogP contribution in [0.25, 0.3) is 16.6 Å². The zero-order chi connectivity index (χ0) is 14.1. The zero-order valence-corrected chi connectivity index (χ0v) is 11.7. The first-order valence-corrected chi connectivity index (χ1v) is 7.35. The molecule has 20 heavy (non-hydrogen) atoms. The van der Waals surface area contributed by atoms with Crippen molar-refractivity contribution in [3.8, 4) is 17.5 Å². The molecular formula is C16H12N2OS. The van der Waals surface area contributed by atoms with Crippen molar-refractivity contribution in [3.05, 3.63) is 54.1 Å². The van der Waals surface area contributed by atoms with E-state index in [0.717, 1.165) is 21.6 Å². The lowest BCUT2D eigenvalue weighted by Gasteiger charge is -2.09. The molecule has 2 aromatic carbocycles. The van der Waals surface area contributed by atoms with E-state index >= 15 is 0 Å². The molecule has 4 heteroatoms. The van der Waals surface area contributed by atoms with Gasteiger partial charge >= 0.3 is 0 Å². The highest BCUT2D eigenvalue weighted by atomic mass is 32.2. The molecule has 0 bridgehead atoms. The van der Waals surface area contributed by atoms with Gasteiger partial charge in [-0.3, -0.25) is 0 Å². The molecule has 98 valence electrons. The summed E-state index contributed by atoms with van der Waals surface area (Å²) in [7, 11) is 0. The van der Waals surface area contributed by atoms with E-state index in [1.54, 1.807) is 12.1 Å². The summed E-state index contributed by atoms with van der Waals surface area (Å²) in [5.41, 5.74) is 2.54. The summed E-state index contributed by atoms with van der Waals surface area (Å²) < 4.78 is 2.05. The van der Waals surface area contributed by atoms with Gasteiger partial charge in [-0.05, 0) is 36.6 Å². The Balaban J connectivity index is 2.45. The summed E-state index contributed by atoms with van der Waals surface area (Å²) in [4.78, 5) is 0. The SMILES string of the molecule is CSc1c(C#N)c2cc(O)ccc2n1-c1ccccc1. The van der Waals surface area contributed by atoms with Crippen LogP contribution in [0.2, 0.25) is 0 Å². The standard InChI is InChI=1S/C16H12N2OS/c1-20-16-14(10-17)13-9-12(19)7-8-15(13)18(16)11-5-3-2-4-6-11/h2-9,19H,1H3. The number of hydrogen-bond acceptors (Lipinski definition) is 3. The van der Waals surface area contributed by atoms with Gasteiger partial charge in [-0.1, -0.05) is 18.2 Å². The maximum atomic E-state index is 9.67. The fraction of sp³-hybridized carbons (Fsp3) is 0.0625. The number of rotatable bonds is 2. The Labute approximate surface area is 121 Å². The summed E-state index contributed by atoms with van der Waals surface area (Å²) in [6, 6.07) is 17.3. The average Bonchev–Trinajstić information content (AvgIpc) is 2.80. The van der Waals surface area contributed by atoms with Gasteiger partial charge in [-0.25, -0.2) is 0 Å². The number of fused-ring (bicyclic) bond motifs is 1. The van der Waals surface area contributed by atoms with Crippen LogP contribution in [0.5, 0.6) is 5.75 Å². The van der Waals surface area contributed by atoms with Gasteiger partial charge in [0, 0.05) is 11.1 Å². The van der Waals surface area contributed by atoms with Gasteiger partial charge in [0.25, 0.3) is 0 Å². The average molecular weight is 280 g/mol. The Morgan fingerprint density at radius 3 is 2.55 bits per heavy atom. The van der Waals surface area contributed by atoms with Gasteiger partial charge in [0.15, 0.2) is 0 Å². The molecule has 0 saturated carbocycles.